The Labute approximate surface area is 156 Å². The lowest BCUT2D eigenvalue weighted by Gasteiger charge is -2.18. The van der Waals surface area contributed by atoms with Gasteiger partial charge in [0.05, 0.1) is 11.8 Å². The molecular formula is C17H21BrN2O4S. The van der Waals surface area contributed by atoms with Gasteiger partial charge >= 0.3 is 10.2 Å². The molecule has 2 N–H and O–H groups in total. The maximum absolute atomic E-state index is 12.2. The maximum atomic E-state index is 12.2. The summed E-state index contributed by atoms with van der Waals surface area (Å²) < 4.78 is 33.7. The summed E-state index contributed by atoms with van der Waals surface area (Å²) in [7, 11) is -0.827. The molecule has 0 saturated heterocycles. The molecule has 25 heavy (non-hydrogen) atoms. The van der Waals surface area contributed by atoms with Crippen LogP contribution in [0.3, 0.4) is 0 Å². The summed E-state index contributed by atoms with van der Waals surface area (Å²) in [5.41, 5.74) is 1.83. The lowest BCUT2D eigenvalue weighted by Crippen LogP contribution is -2.29. The Balaban J connectivity index is 2.30. The minimum Gasteiger partial charge on any atom is -0.487 e. The van der Waals surface area contributed by atoms with Crippen LogP contribution in [0.2, 0.25) is 0 Å². The van der Waals surface area contributed by atoms with E-state index in [4.69, 9.17) is 4.74 Å². The van der Waals surface area contributed by atoms with Gasteiger partial charge in [-0.3, -0.25) is 4.72 Å². The van der Waals surface area contributed by atoms with Gasteiger partial charge in [-0.25, -0.2) is 0 Å². The Bertz CT molecular complexity index is 798. The molecule has 0 saturated carbocycles. The highest BCUT2D eigenvalue weighted by Crippen LogP contribution is 2.30. The quantitative estimate of drug-likeness (QED) is 0.633. The lowest BCUT2D eigenvalue weighted by atomic mass is 10.1. The van der Waals surface area contributed by atoms with Crippen LogP contribution < -0.4 is 9.46 Å². The first-order valence-corrected chi connectivity index (χ1v) is 10.1. The average Bonchev–Trinajstić information content (AvgIpc) is 2.60. The van der Waals surface area contributed by atoms with Crippen molar-refractivity contribution >= 4 is 31.8 Å². The molecule has 0 fully saturated rings. The SMILES string of the molecule is CN(C)S(=O)(=O)Nc1cc(C(O)CBr)ccc1OCc1ccccc1. The number of nitrogens with one attached hydrogen (secondary N) is 1. The average molecular weight is 429 g/mol. The summed E-state index contributed by atoms with van der Waals surface area (Å²) in [6, 6.07) is 14.5. The van der Waals surface area contributed by atoms with Crippen molar-refractivity contribution in [2.75, 3.05) is 24.1 Å². The third-order valence-electron chi connectivity index (χ3n) is 3.49. The highest BCUT2D eigenvalue weighted by molar-refractivity contribution is 9.09. The highest BCUT2D eigenvalue weighted by Gasteiger charge is 2.18. The molecule has 0 aromatic heterocycles. The molecule has 2 rings (SSSR count). The van der Waals surface area contributed by atoms with E-state index < -0.39 is 16.3 Å². The highest BCUT2D eigenvalue weighted by atomic mass is 79.9. The number of aliphatic hydroxyl groups excluding tert-OH is 1. The molecule has 8 heteroatoms. The van der Waals surface area contributed by atoms with Crippen LogP contribution in [-0.4, -0.2) is 37.3 Å². The molecular weight excluding hydrogens is 408 g/mol. The molecule has 1 unspecified atom stereocenters. The Hall–Kier alpha value is -1.61. The zero-order valence-corrected chi connectivity index (χ0v) is 16.4. The molecule has 0 aliphatic carbocycles. The van der Waals surface area contributed by atoms with Crippen LogP contribution in [0.25, 0.3) is 0 Å². The molecule has 2 aromatic rings. The fraction of sp³-hybridized carbons (Fsp3) is 0.294. The fourth-order valence-corrected chi connectivity index (χ4v) is 3.01. The number of alkyl halides is 1. The second-order valence-electron chi connectivity index (χ2n) is 5.59. The lowest BCUT2D eigenvalue weighted by molar-refractivity contribution is 0.205. The van der Waals surface area contributed by atoms with Crippen LogP contribution in [-0.2, 0) is 16.8 Å². The van der Waals surface area contributed by atoms with Gasteiger partial charge in [0.2, 0.25) is 0 Å². The van der Waals surface area contributed by atoms with E-state index in [1.54, 1.807) is 18.2 Å². The second kappa shape index (κ2) is 8.66. The molecule has 2 aromatic carbocycles. The Morgan fingerprint density at radius 3 is 2.48 bits per heavy atom. The largest absolute Gasteiger partial charge is 0.487 e. The van der Waals surface area contributed by atoms with Crippen LogP contribution in [0.4, 0.5) is 5.69 Å². The van der Waals surface area contributed by atoms with Gasteiger partial charge in [0.25, 0.3) is 0 Å². The van der Waals surface area contributed by atoms with Crippen LogP contribution in [0.1, 0.15) is 17.2 Å². The van der Waals surface area contributed by atoms with Crippen LogP contribution >= 0.6 is 15.9 Å². The minimum absolute atomic E-state index is 0.280. The zero-order chi connectivity index (χ0) is 18.4. The van der Waals surface area contributed by atoms with Crippen molar-refractivity contribution in [2.24, 2.45) is 0 Å². The molecule has 0 bridgehead atoms. The number of benzene rings is 2. The first kappa shape index (κ1) is 19.7. The van der Waals surface area contributed by atoms with Crippen LogP contribution in [0, 0.1) is 0 Å². The molecule has 0 heterocycles. The molecule has 6 nitrogen and oxygen atoms in total. The van der Waals surface area contributed by atoms with Crippen molar-refractivity contribution in [3.05, 3.63) is 59.7 Å². The number of anilines is 1. The van der Waals surface area contributed by atoms with E-state index in [1.807, 2.05) is 30.3 Å². The third kappa shape index (κ3) is 5.43. The van der Waals surface area contributed by atoms with Gasteiger partial charge in [0.1, 0.15) is 12.4 Å². The predicted octanol–water partition coefficient (Wildman–Crippen LogP) is 2.91. The predicted molar refractivity (Wildman–Crippen MR) is 102 cm³/mol. The van der Waals surface area contributed by atoms with Crippen molar-refractivity contribution < 1.29 is 18.3 Å². The van der Waals surface area contributed by atoms with Crippen LogP contribution in [0.15, 0.2) is 48.5 Å². The number of rotatable bonds is 8. The third-order valence-corrected chi connectivity index (χ3v) is 5.54. The monoisotopic (exact) mass is 428 g/mol. The Morgan fingerprint density at radius 2 is 1.88 bits per heavy atom. The summed E-state index contributed by atoms with van der Waals surface area (Å²) in [6.07, 6.45) is -0.745. The molecule has 0 aliphatic heterocycles. The van der Waals surface area contributed by atoms with Gasteiger partial charge in [-0.05, 0) is 23.3 Å². The van der Waals surface area contributed by atoms with E-state index in [2.05, 4.69) is 20.7 Å². The van der Waals surface area contributed by atoms with Gasteiger partial charge in [0, 0.05) is 19.4 Å². The molecule has 0 radical (unpaired) electrons. The van der Waals surface area contributed by atoms with Gasteiger partial charge in [-0.2, -0.15) is 12.7 Å². The fourth-order valence-electron chi connectivity index (χ4n) is 2.02. The van der Waals surface area contributed by atoms with E-state index in [0.29, 0.717) is 23.2 Å². The first-order valence-electron chi connectivity index (χ1n) is 7.58. The number of aliphatic hydroxyl groups is 1. The van der Waals surface area contributed by atoms with E-state index in [9.17, 15) is 13.5 Å². The van der Waals surface area contributed by atoms with Gasteiger partial charge in [0.15, 0.2) is 0 Å². The number of nitrogens with zero attached hydrogens (tertiary/aromatic N) is 1. The Morgan fingerprint density at radius 1 is 1.20 bits per heavy atom. The van der Waals surface area contributed by atoms with Crippen molar-refractivity contribution in [2.45, 2.75) is 12.7 Å². The minimum atomic E-state index is -3.70. The normalized spacial score (nSPS) is 12.8. The number of hydrogen-bond acceptors (Lipinski definition) is 4. The van der Waals surface area contributed by atoms with Crippen LogP contribution in [0.5, 0.6) is 5.75 Å². The summed E-state index contributed by atoms with van der Waals surface area (Å²) in [6.45, 7) is 0.303. The van der Waals surface area contributed by atoms with Crippen molar-refractivity contribution in [3.8, 4) is 5.75 Å². The van der Waals surface area contributed by atoms with E-state index in [1.165, 1.54) is 14.1 Å². The van der Waals surface area contributed by atoms with E-state index in [0.717, 1.165) is 9.87 Å². The van der Waals surface area contributed by atoms with Crippen molar-refractivity contribution in [3.63, 3.8) is 0 Å². The van der Waals surface area contributed by atoms with Gasteiger partial charge < -0.3 is 9.84 Å². The summed E-state index contributed by atoms with van der Waals surface area (Å²) >= 11 is 3.21. The summed E-state index contributed by atoms with van der Waals surface area (Å²) in [4.78, 5) is 0. The summed E-state index contributed by atoms with van der Waals surface area (Å²) in [5, 5.41) is 10.3. The van der Waals surface area contributed by atoms with Crippen molar-refractivity contribution in [1.29, 1.82) is 0 Å². The van der Waals surface area contributed by atoms with E-state index >= 15 is 0 Å². The second-order valence-corrected chi connectivity index (χ2v) is 8.12. The first-order chi connectivity index (χ1) is 11.8. The standard InChI is InChI=1S/C17H21BrN2O4S/c1-20(2)25(22,23)19-15-10-14(16(21)11-18)8-9-17(15)24-12-13-6-4-3-5-7-13/h3-10,16,19,21H,11-12H2,1-2H3. The smallest absolute Gasteiger partial charge is 0.301 e. The molecule has 0 amide bonds. The zero-order valence-electron chi connectivity index (χ0n) is 14.0. The van der Waals surface area contributed by atoms with Gasteiger partial charge in [-0.15, -0.1) is 0 Å². The molecule has 136 valence electrons. The van der Waals surface area contributed by atoms with E-state index in [-0.39, 0.29) is 5.69 Å². The molecule has 0 spiro atoms. The van der Waals surface area contributed by atoms with Gasteiger partial charge in [-0.1, -0.05) is 52.3 Å². The molecule has 0 aliphatic rings. The number of hydrogen-bond donors (Lipinski definition) is 2. The summed E-state index contributed by atoms with van der Waals surface area (Å²) in [5.74, 6) is 0.389. The maximum Gasteiger partial charge on any atom is 0.301 e. The number of ether oxygens (including phenoxy) is 1. The topological polar surface area (TPSA) is 78.9 Å². The molecule has 1 atom stereocenters. The van der Waals surface area contributed by atoms with Crippen molar-refractivity contribution in [1.82, 2.24) is 4.31 Å². The Kier molecular flexibility index (Phi) is 6.83. The number of halogens is 1.